The first-order valence-electron chi connectivity index (χ1n) is 7.07. The Morgan fingerprint density at radius 2 is 2.19 bits per heavy atom. The molecule has 1 aromatic carbocycles. The molecule has 0 atom stereocenters. The van der Waals surface area contributed by atoms with Crippen molar-refractivity contribution in [2.75, 3.05) is 0 Å². The van der Waals surface area contributed by atoms with E-state index in [2.05, 4.69) is 53.2 Å². The molecule has 0 radical (unpaired) electrons. The van der Waals surface area contributed by atoms with E-state index in [1.165, 1.54) is 11.1 Å². The van der Waals surface area contributed by atoms with E-state index in [0.29, 0.717) is 30.6 Å². The van der Waals surface area contributed by atoms with Crippen LogP contribution in [0.3, 0.4) is 0 Å². The SMILES string of the molecule is CC(C)c1cccc(Cc2nc(Cn3ccnc3)no2)c1. The van der Waals surface area contributed by atoms with Crippen LogP contribution in [0.25, 0.3) is 0 Å². The average molecular weight is 282 g/mol. The Kier molecular flexibility index (Phi) is 3.81. The summed E-state index contributed by atoms with van der Waals surface area (Å²) in [5.74, 6) is 1.83. The maximum atomic E-state index is 5.32. The molecular formula is C16H18N4O. The smallest absolute Gasteiger partial charge is 0.231 e. The lowest BCUT2D eigenvalue weighted by molar-refractivity contribution is 0.378. The second kappa shape index (κ2) is 5.91. The Labute approximate surface area is 123 Å². The maximum absolute atomic E-state index is 5.32. The van der Waals surface area contributed by atoms with Crippen LogP contribution in [-0.2, 0) is 13.0 Å². The maximum Gasteiger partial charge on any atom is 0.231 e. The topological polar surface area (TPSA) is 56.7 Å². The average Bonchev–Trinajstić information content (AvgIpc) is 3.12. The summed E-state index contributed by atoms with van der Waals surface area (Å²) in [4.78, 5) is 8.42. The summed E-state index contributed by atoms with van der Waals surface area (Å²) in [5, 5.41) is 4.01. The van der Waals surface area contributed by atoms with Gasteiger partial charge in [-0.1, -0.05) is 43.3 Å². The van der Waals surface area contributed by atoms with Crippen molar-refractivity contribution in [1.29, 1.82) is 0 Å². The van der Waals surface area contributed by atoms with Gasteiger partial charge < -0.3 is 9.09 Å². The third-order valence-electron chi connectivity index (χ3n) is 3.37. The molecule has 21 heavy (non-hydrogen) atoms. The van der Waals surface area contributed by atoms with Crippen LogP contribution < -0.4 is 0 Å². The second-order valence-electron chi connectivity index (χ2n) is 5.42. The highest BCUT2D eigenvalue weighted by Crippen LogP contribution is 2.17. The van der Waals surface area contributed by atoms with Crippen molar-refractivity contribution in [2.45, 2.75) is 32.7 Å². The number of hydrogen-bond donors (Lipinski definition) is 0. The molecule has 0 saturated carbocycles. The third kappa shape index (κ3) is 3.37. The Hall–Kier alpha value is -2.43. The molecule has 0 aliphatic rings. The molecule has 0 N–H and O–H groups in total. The standard InChI is InChI=1S/C16H18N4O/c1-12(2)14-5-3-4-13(8-14)9-16-18-15(19-21-16)10-20-7-6-17-11-20/h3-8,11-12H,9-10H2,1-2H3. The van der Waals surface area contributed by atoms with Crippen molar-refractivity contribution in [3.8, 4) is 0 Å². The molecule has 0 aliphatic carbocycles. The Bertz CT molecular complexity index is 701. The van der Waals surface area contributed by atoms with Gasteiger partial charge in [0.2, 0.25) is 5.89 Å². The highest BCUT2D eigenvalue weighted by molar-refractivity contribution is 5.27. The van der Waals surface area contributed by atoms with Crippen molar-refractivity contribution in [3.05, 3.63) is 65.8 Å². The van der Waals surface area contributed by atoms with Gasteiger partial charge in [-0.05, 0) is 17.0 Å². The second-order valence-corrected chi connectivity index (χ2v) is 5.42. The van der Waals surface area contributed by atoms with Crippen molar-refractivity contribution in [1.82, 2.24) is 19.7 Å². The van der Waals surface area contributed by atoms with Gasteiger partial charge in [0.15, 0.2) is 5.82 Å². The highest BCUT2D eigenvalue weighted by atomic mass is 16.5. The van der Waals surface area contributed by atoms with Crippen molar-refractivity contribution in [3.63, 3.8) is 0 Å². The fraction of sp³-hybridized carbons (Fsp3) is 0.312. The lowest BCUT2D eigenvalue weighted by Gasteiger charge is -2.06. The molecule has 108 valence electrons. The van der Waals surface area contributed by atoms with Gasteiger partial charge in [-0.15, -0.1) is 0 Å². The van der Waals surface area contributed by atoms with E-state index in [1.54, 1.807) is 12.5 Å². The summed E-state index contributed by atoms with van der Waals surface area (Å²) < 4.78 is 7.23. The zero-order valence-electron chi connectivity index (χ0n) is 12.2. The largest absolute Gasteiger partial charge is 0.339 e. The van der Waals surface area contributed by atoms with E-state index in [0.717, 1.165) is 0 Å². The van der Waals surface area contributed by atoms with Gasteiger partial charge >= 0.3 is 0 Å². The summed E-state index contributed by atoms with van der Waals surface area (Å²) in [6.07, 6.45) is 6.01. The molecule has 0 unspecified atom stereocenters. The third-order valence-corrected chi connectivity index (χ3v) is 3.37. The number of rotatable bonds is 5. The molecule has 3 rings (SSSR count). The summed E-state index contributed by atoms with van der Waals surface area (Å²) >= 11 is 0. The van der Waals surface area contributed by atoms with Crippen LogP contribution in [0.2, 0.25) is 0 Å². The van der Waals surface area contributed by atoms with Gasteiger partial charge in [0.05, 0.1) is 19.3 Å². The Morgan fingerprint density at radius 3 is 2.95 bits per heavy atom. The molecule has 2 heterocycles. The fourth-order valence-corrected chi connectivity index (χ4v) is 2.21. The van der Waals surface area contributed by atoms with Gasteiger partial charge in [0.1, 0.15) is 0 Å². The Balaban J connectivity index is 1.71. The highest BCUT2D eigenvalue weighted by Gasteiger charge is 2.08. The summed E-state index contributed by atoms with van der Waals surface area (Å²) in [5.41, 5.74) is 2.52. The predicted molar refractivity (Wildman–Crippen MR) is 79.0 cm³/mol. The van der Waals surface area contributed by atoms with Crippen molar-refractivity contribution >= 4 is 0 Å². The molecule has 5 heteroatoms. The van der Waals surface area contributed by atoms with E-state index >= 15 is 0 Å². The number of aromatic nitrogens is 4. The van der Waals surface area contributed by atoms with Gasteiger partial charge in [0.25, 0.3) is 0 Å². The van der Waals surface area contributed by atoms with Crippen molar-refractivity contribution in [2.24, 2.45) is 0 Å². The number of benzene rings is 1. The minimum absolute atomic E-state index is 0.518. The molecule has 0 saturated heterocycles. The van der Waals surface area contributed by atoms with Gasteiger partial charge in [-0.2, -0.15) is 4.98 Å². The molecule has 0 fully saturated rings. The lowest BCUT2D eigenvalue weighted by atomic mass is 10.00. The lowest BCUT2D eigenvalue weighted by Crippen LogP contribution is -1.99. The zero-order chi connectivity index (χ0) is 14.7. The van der Waals surface area contributed by atoms with E-state index in [9.17, 15) is 0 Å². The van der Waals surface area contributed by atoms with E-state index in [4.69, 9.17) is 4.52 Å². The first-order chi connectivity index (χ1) is 10.2. The van der Waals surface area contributed by atoms with E-state index < -0.39 is 0 Å². The van der Waals surface area contributed by atoms with Crippen LogP contribution in [-0.4, -0.2) is 19.7 Å². The number of imidazole rings is 1. The summed E-state index contributed by atoms with van der Waals surface area (Å²) in [6, 6.07) is 8.51. The fourth-order valence-electron chi connectivity index (χ4n) is 2.21. The van der Waals surface area contributed by atoms with E-state index in [1.807, 2.05) is 10.8 Å². The minimum atomic E-state index is 0.518. The van der Waals surface area contributed by atoms with Crippen LogP contribution in [0.5, 0.6) is 0 Å². The van der Waals surface area contributed by atoms with Gasteiger partial charge in [0, 0.05) is 12.4 Å². The van der Waals surface area contributed by atoms with Gasteiger partial charge in [-0.25, -0.2) is 4.98 Å². The van der Waals surface area contributed by atoms with Crippen LogP contribution in [0, 0.1) is 0 Å². The first kappa shape index (κ1) is 13.5. The molecular weight excluding hydrogens is 264 g/mol. The Morgan fingerprint density at radius 1 is 1.29 bits per heavy atom. The molecule has 2 aromatic heterocycles. The van der Waals surface area contributed by atoms with Crippen molar-refractivity contribution < 1.29 is 4.52 Å². The molecule has 3 aromatic rings. The number of hydrogen-bond acceptors (Lipinski definition) is 4. The van der Waals surface area contributed by atoms with E-state index in [-0.39, 0.29) is 0 Å². The van der Waals surface area contributed by atoms with Crippen LogP contribution in [0.4, 0.5) is 0 Å². The molecule has 0 bridgehead atoms. The zero-order valence-corrected chi connectivity index (χ0v) is 12.2. The molecule has 0 spiro atoms. The monoisotopic (exact) mass is 282 g/mol. The summed E-state index contributed by atoms with van der Waals surface area (Å²) in [6.45, 7) is 4.96. The van der Waals surface area contributed by atoms with Crippen LogP contribution in [0.1, 0.15) is 42.6 Å². The quantitative estimate of drug-likeness (QED) is 0.721. The van der Waals surface area contributed by atoms with Gasteiger partial charge in [-0.3, -0.25) is 0 Å². The number of nitrogens with zero attached hydrogens (tertiary/aromatic N) is 4. The molecule has 0 aliphatic heterocycles. The normalized spacial score (nSPS) is 11.2. The minimum Gasteiger partial charge on any atom is -0.339 e. The predicted octanol–water partition coefficient (Wildman–Crippen LogP) is 3.03. The van der Waals surface area contributed by atoms with Crippen LogP contribution in [0.15, 0.2) is 47.5 Å². The summed E-state index contributed by atoms with van der Waals surface area (Å²) in [7, 11) is 0. The first-order valence-corrected chi connectivity index (χ1v) is 7.07. The van der Waals surface area contributed by atoms with Crippen LogP contribution >= 0.6 is 0 Å². The molecule has 0 amide bonds. The molecule has 5 nitrogen and oxygen atoms in total.